The van der Waals surface area contributed by atoms with Gasteiger partial charge in [0, 0.05) is 6.20 Å². The highest BCUT2D eigenvalue weighted by Crippen LogP contribution is 2.25. The second-order valence-corrected chi connectivity index (χ2v) is 7.41. The van der Waals surface area contributed by atoms with Gasteiger partial charge in [0.15, 0.2) is 6.61 Å². The van der Waals surface area contributed by atoms with Gasteiger partial charge in [0.25, 0.3) is 10.7 Å². The van der Waals surface area contributed by atoms with Crippen molar-refractivity contribution in [1.29, 1.82) is 0 Å². The zero-order chi connectivity index (χ0) is 20.2. The number of rotatable bonds is 6. The average Bonchev–Trinajstić information content (AvgIpc) is 3.07. The fraction of sp³-hybridized carbons (Fsp3) is 0.333. The lowest BCUT2D eigenvalue weighted by Crippen LogP contribution is -2.20. The molecule has 29 heavy (non-hydrogen) atoms. The van der Waals surface area contributed by atoms with Gasteiger partial charge < -0.3 is 14.5 Å². The standard InChI is InChI=1S/C21H22N4O3S/c1-14-5-4-10-22-20(14)23-18(26)12-25-21(29)28-19(24-25)13-27-17-9-8-15-6-2-3-7-16(15)11-17/h4-5,8-11H,2-3,6-7,12-13H2,1H3,(H,22,23,26). The molecular weight excluding hydrogens is 388 g/mol. The molecule has 1 aliphatic rings. The van der Waals surface area contributed by atoms with E-state index in [4.69, 9.17) is 21.4 Å². The Morgan fingerprint density at radius 1 is 1.28 bits per heavy atom. The molecule has 0 radical (unpaired) electrons. The number of aryl methyl sites for hydroxylation is 3. The van der Waals surface area contributed by atoms with E-state index in [1.54, 1.807) is 6.20 Å². The third-order valence-corrected chi connectivity index (χ3v) is 5.19. The molecule has 1 aliphatic carbocycles. The zero-order valence-electron chi connectivity index (χ0n) is 16.2. The van der Waals surface area contributed by atoms with Gasteiger partial charge in [0.2, 0.25) is 5.91 Å². The van der Waals surface area contributed by atoms with Crippen LogP contribution in [0.2, 0.25) is 0 Å². The van der Waals surface area contributed by atoms with Crippen LogP contribution >= 0.6 is 12.2 Å². The molecule has 3 aromatic rings. The second-order valence-electron chi connectivity index (χ2n) is 7.06. The van der Waals surface area contributed by atoms with Crippen LogP contribution in [0.1, 0.15) is 35.4 Å². The lowest BCUT2D eigenvalue weighted by atomic mass is 9.92. The summed E-state index contributed by atoms with van der Waals surface area (Å²) < 4.78 is 12.6. The smallest absolute Gasteiger partial charge is 0.287 e. The van der Waals surface area contributed by atoms with Crippen molar-refractivity contribution < 1.29 is 13.9 Å². The maximum atomic E-state index is 12.3. The molecule has 1 amide bonds. The fourth-order valence-corrected chi connectivity index (χ4v) is 3.58. The number of carbonyl (C=O) groups is 1. The highest BCUT2D eigenvalue weighted by molar-refractivity contribution is 7.71. The summed E-state index contributed by atoms with van der Waals surface area (Å²) in [7, 11) is 0. The summed E-state index contributed by atoms with van der Waals surface area (Å²) in [6, 6.07) is 9.87. The summed E-state index contributed by atoms with van der Waals surface area (Å²) in [4.78, 5) is 16.6. The Labute approximate surface area is 173 Å². The van der Waals surface area contributed by atoms with Crippen LogP contribution in [0.3, 0.4) is 0 Å². The minimum Gasteiger partial charge on any atom is -0.484 e. The molecule has 0 spiro atoms. The number of amides is 1. The molecule has 0 aliphatic heterocycles. The van der Waals surface area contributed by atoms with Crippen LogP contribution in [0.5, 0.6) is 5.75 Å². The maximum Gasteiger partial charge on any atom is 0.287 e. The maximum absolute atomic E-state index is 12.3. The van der Waals surface area contributed by atoms with Crippen LogP contribution in [0.15, 0.2) is 40.9 Å². The van der Waals surface area contributed by atoms with Crippen LogP contribution < -0.4 is 10.1 Å². The van der Waals surface area contributed by atoms with Gasteiger partial charge in [0.1, 0.15) is 18.1 Å². The van der Waals surface area contributed by atoms with Gasteiger partial charge in [-0.2, -0.15) is 0 Å². The topological polar surface area (TPSA) is 82.2 Å². The first-order valence-electron chi connectivity index (χ1n) is 9.61. The van der Waals surface area contributed by atoms with Crippen molar-refractivity contribution in [2.75, 3.05) is 5.32 Å². The van der Waals surface area contributed by atoms with Crippen molar-refractivity contribution in [2.24, 2.45) is 0 Å². The summed E-state index contributed by atoms with van der Waals surface area (Å²) in [5, 5.41) is 7.01. The summed E-state index contributed by atoms with van der Waals surface area (Å²) >= 11 is 5.18. The van der Waals surface area contributed by atoms with E-state index >= 15 is 0 Å². The number of nitrogens with zero attached hydrogens (tertiary/aromatic N) is 3. The Morgan fingerprint density at radius 3 is 2.93 bits per heavy atom. The monoisotopic (exact) mass is 410 g/mol. The molecule has 2 heterocycles. The molecule has 1 N–H and O–H groups in total. The number of anilines is 1. The van der Waals surface area contributed by atoms with Crippen LogP contribution in [0.25, 0.3) is 0 Å². The van der Waals surface area contributed by atoms with Crippen molar-refractivity contribution in [3.8, 4) is 5.75 Å². The van der Waals surface area contributed by atoms with E-state index in [-0.39, 0.29) is 23.9 Å². The summed E-state index contributed by atoms with van der Waals surface area (Å²) in [6.45, 7) is 1.97. The molecule has 1 aromatic carbocycles. The van der Waals surface area contributed by atoms with Crippen molar-refractivity contribution in [2.45, 2.75) is 45.8 Å². The quantitative estimate of drug-likeness (QED) is 0.619. The van der Waals surface area contributed by atoms with Crippen LogP contribution in [0, 0.1) is 11.8 Å². The van der Waals surface area contributed by atoms with E-state index in [9.17, 15) is 4.79 Å². The lowest BCUT2D eigenvalue weighted by Gasteiger charge is -2.16. The number of nitrogens with one attached hydrogen (secondary N) is 1. The van der Waals surface area contributed by atoms with E-state index in [0.717, 1.165) is 24.2 Å². The Morgan fingerprint density at radius 2 is 2.10 bits per heavy atom. The number of aromatic nitrogens is 3. The van der Waals surface area contributed by atoms with E-state index in [0.29, 0.717) is 11.7 Å². The molecule has 2 aromatic heterocycles. The molecule has 4 rings (SSSR count). The molecule has 0 saturated heterocycles. The first-order chi connectivity index (χ1) is 14.1. The highest BCUT2D eigenvalue weighted by atomic mass is 32.1. The third kappa shape index (κ3) is 4.71. The molecule has 0 bridgehead atoms. The number of benzene rings is 1. The largest absolute Gasteiger partial charge is 0.484 e. The van der Waals surface area contributed by atoms with Gasteiger partial charge in [-0.1, -0.05) is 12.1 Å². The number of carbonyl (C=O) groups excluding carboxylic acids is 1. The van der Waals surface area contributed by atoms with Crippen molar-refractivity contribution in [3.63, 3.8) is 0 Å². The SMILES string of the molecule is Cc1cccnc1NC(=O)Cn1nc(COc2ccc3c(c2)CCCC3)oc1=S. The van der Waals surface area contributed by atoms with Gasteiger partial charge in [-0.3, -0.25) is 4.79 Å². The number of ether oxygens (including phenoxy) is 1. The molecule has 0 fully saturated rings. The van der Waals surface area contributed by atoms with E-state index in [1.807, 2.05) is 25.1 Å². The first-order valence-corrected chi connectivity index (χ1v) is 10.0. The minimum absolute atomic E-state index is 0.0583. The van der Waals surface area contributed by atoms with Crippen LogP contribution in [-0.4, -0.2) is 20.7 Å². The molecule has 7 nitrogen and oxygen atoms in total. The van der Waals surface area contributed by atoms with Crippen molar-refractivity contribution >= 4 is 23.9 Å². The molecular formula is C21H22N4O3S. The van der Waals surface area contributed by atoms with E-state index < -0.39 is 0 Å². The number of hydrogen-bond acceptors (Lipinski definition) is 6. The number of fused-ring (bicyclic) bond motifs is 1. The van der Waals surface area contributed by atoms with Gasteiger partial charge in [-0.15, -0.1) is 5.10 Å². The van der Waals surface area contributed by atoms with Crippen molar-refractivity contribution in [1.82, 2.24) is 14.8 Å². The Kier molecular flexibility index (Phi) is 5.71. The van der Waals surface area contributed by atoms with Crippen LogP contribution in [0.4, 0.5) is 5.82 Å². The zero-order valence-corrected chi connectivity index (χ0v) is 17.0. The molecule has 150 valence electrons. The second kappa shape index (κ2) is 8.57. The summed E-state index contributed by atoms with van der Waals surface area (Å²) in [5.41, 5.74) is 3.63. The van der Waals surface area contributed by atoms with Crippen LogP contribution in [-0.2, 0) is 30.8 Å². The molecule has 0 saturated carbocycles. The highest BCUT2D eigenvalue weighted by Gasteiger charge is 2.13. The van der Waals surface area contributed by atoms with Gasteiger partial charge in [-0.05, 0) is 79.7 Å². The summed E-state index contributed by atoms with van der Waals surface area (Å²) in [6.07, 6.45) is 6.32. The molecule has 8 heteroatoms. The first kappa shape index (κ1) is 19.3. The third-order valence-electron chi connectivity index (χ3n) is 4.89. The Bertz CT molecular complexity index is 1090. The van der Waals surface area contributed by atoms with Crippen molar-refractivity contribution in [3.05, 3.63) is 63.9 Å². The average molecular weight is 410 g/mol. The van der Waals surface area contributed by atoms with Gasteiger partial charge in [0.05, 0.1) is 0 Å². The summed E-state index contributed by atoms with van der Waals surface area (Å²) in [5.74, 6) is 1.35. The lowest BCUT2D eigenvalue weighted by molar-refractivity contribution is -0.117. The van der Waals surface area contributed by atoms with E-state index in [1.165, 1.54) is 28.7 Å². The molecule has 0 unspecified atom stereocenters. The number of hydrogen-bond donors (Lipinski definition) is 1. The van der Waals surface area contributed by atoms with E-state index in [2.05, 4.69) is 27.5 Å². The molecule has 0 atom stereocenters. The fourth-order valence-electron chi connectivity index (χ4n) is 3.38. The van der Waals surface area contributed by atoms with Gasteiger partial charge in [-0.25, -0.2) is 9.67 Å². The Hall–Kier alpha value is -3.00. The predicted molar refractivity (Wildman–Crippen MR) is 110 cm³/mol. The Balaban J connectivity index is 1.37. The predicted octanol–water partition coefficient (Wildman–Crippen LogP) is 4.01. The normalized spacial score (nSPS) is 13.0. The number of pyridine rings is 1. The van der Waals surface area contributed by atoms with Gasteiger partial charge >= 0.3 is 0 Å². The minimum atomic E-state index is -0.279.